The van der Waals surface area contributed by atoms with Crippen LogP contribution in [0, 0.1) is 0 Å². The summed E-state index contributed by atoms with van der Waals surface area (Å²) in [5, 5.41) is 2.19. The highest BCUT2D eigenvalue weighted by Gasteiger charge is 2.26. The van der Waals surface area contributed by atoms with Crippen molar-refractivity contribution in [1.29, 1.82) is 0 Å². The van der Waals surface area contributed by atoms with E-state index in [0.717, 1.165) is 6.54 Å². The highest BCUT2D eigenvalue weighted by Crippen LogP contribution is 2.37. The number of hydrazine groups is 1. The lowest BCUT2D eigenvalue weighted by Crippen LogP contribution is -2.42. The molecule has 0 fully saturated rings. The standard InChI is InChI=1S/C20H18N2/c1-3-9-16(10-4-1)19-15-21-22(17-11-5-2-6-12-17)20-14-8-7-13-18(19)20/h1-14,19,21H,15H2. The van der Waals surface area contributed by atoms with Crippen LogP contribution in [0.1, 0.15) is 17.0 Å². The highest BCUT2D eigenvalue weighted by molar-refractivity contribution is 5.68. The monoisotopic (exact) mass is 286 g/mol. The molecule has 0 saturated heterocycles. The molecule has 3 aromatic carbocycles. The second-order valence-electron chi connectivity index (χ2n) is 5.56. The summed E-state index contributed by atoms with van der Waals surface area (Å²) in [6.07, 6.45) is 0. The van der Waals surface area contributed by atoms with E-state index in [-0.39, 0.29) is 0 Å². The van der Waals surface area contributed by atoms with E-state index in [1.54, 1.807) is 0 Å². The van der Waals surface area contributed by atoms with Gasteiger partial charge in [-0.2, -0.15) is 0 Å². The minimum Gasteiger partial charge on any atom is -0.277 e. The van der Waals surface area contributed by atoms with Gasteiger partial charge in [0.15, 0.2) is 0 Å². The summed E-state index contributed by atoms with van der Waals surface area (Å²) in [4.78, 5) is 0. The number of rotatable bonds is 2. The molecule has 1 aliphatic rings. The molecule has 0 bridgehead atoms. The molecule has 22 heavy (non-hydrogen) atoms. The van der Waals surface area contributed by atoms with Gasteiger partial charge in [0.1, 0.15) is 0 Å². The normalized spacial score (nSPS) is 17.1. The number of hydrogen-bond acceptors (Lipinski definition) is 2. The molecule has 0 aromatic heterocycles. The number of nitrogens with zero attached hydrogens (tertiary/aromatic N) is 1. The SMILES string of the molecule is c1ccc(C2CNN(c3ccccc3)c3ccccc32)cc1. The van der Waals surface area contributed by atoms with Crippen LogP contribution in [0.15, 0.2) is 84.9 Å². The molecule has 0 aliphatic carbocycles. The summed E-state index contributed by atoms with van der Waals surface area (Å²) >= 11 is 0. The van der Waals surface area contributed by atoms with Crippen LogP contribution in [0.5, 0.6) is 0 Å². The summed E-state index contributed by atoms with van der Waals surface area (Å²) in [7, 11) is 0. The van der Waals surface area contributed by atoms with Gasteiger partial charge in [0.2, 0.25) is 0 Å². The lowest BCUT2D eigenvalue weighted by molar-refractivity contribution is 0.612. The Morgan fingerprint density at radius 1 is 0.727 bits per heavy atom. The quantitative estimate of drug-likeness (QED) is 0.747. The first-order valence-electron chi connectivity index (χ1n) is 7.66. The summed E-state index contributed by atoms with van der Waals surface area (Å²) in [5.74, 6) is 0.386. The van der Waals surface area contributed by atoms with E-state index >= 15 is 0 Å². The van der Waals surface area contributed by atoms with Crippen LogP contribution in [0.4, 0.5) is 11.4 Å². The molecule has 2 heteroatoms. The van der Waals surface area contributed by atoms with E-state index in [4.69, 9.17) is 0 Å². The van der Waals surface area contributed by atoms with E-state index < -0.39 is 0 Å². The Labute approximate surface area is 131 Å². The fourth-order valence-corrected chi connectivity index (χ4v) is 3.15. The molecule has 2 nitrogen and oxygen atoms in total. The van der Waals surface area contributed by atoms with Crippen molar-refractivity contribution in [2.24, 2.45) is 0 Å². The second kappa shape index (κ2) is 5.66. The van der Waals surface area contributed by atoms with Crippen molar-refractivity contribution < 1.29 is 0 Å². The van der Waals surface area contributed by atoms with Crippen LogP contribution in [-0.2, 0) is 0 Å². The third-order valence-electron chi connectivity index (χ3n) is 4.22. The van der Waals surface area contributed by atoms with Crippen molar-refractivity contribution in [2.75, 3.05) is 11.6 Å². The Bertz CT molecular complexity index is 686. The van der Waals surface area contributed by atoms with Crippen LogP contribution in [0.3, 0.4) is 0 Å². The fraction of sp³-hybridized carbons (Fsp3) is 0.100. The summed E-state index contributed by atoms with van der Waals surface area (Å²) in [6, 6.07) is 29.8. The van der Waals surface area contributed by atoms with E-state index in [0.29, 0.717) is 5.92 Å². The maximum absolute atomic E-state index is 3.57. The summed E-state index contributed by atoms with van der Waals surface area (Å²) in [6.45, 7) is 0.899. The molecule has 1 heterocycles. The largest absolute Gasteiger partial charge is 0.277 e. The molecule has 1 unspecified atom stereocenters. The van der Waals surface area contributed by atoms with Crippen molar-refractivity contribution in [3.8, 4) is 0 Å². The van der Waals surface area contributed by atoms with E-state index in [9.17, 15) is 0 Å². The predicted molar refractivity (Wildman–Crippen MR) is 91.3 cm³/mol. The van der Waals surface area contributed by atoms with Crippen LogP contribution in [0.2, 0.25) is 0 Å². The number of fused-ring (bicyclic) bond motifs is 1. The number of anilines is 2. The van der Waals surface area contributed by atoms with Crippen molar-refractivity contribution in [3.05, 3.63) is 96.1 Å². The maximum Gasteiger partial charge on any atom is 0.0616 e. The molecular formula is C20H18N2. The van der Waals surface area contributed by atoms with Gasteiger partial charge in [0.05, 0.1) is 11.4 Å². The van der Waals surface area contributed by atoms with Gasteiger partial charge in [-0.25, -0.2) is 5.43 Å². The van der Waals surface area contributed by atoms with Gasteiger partial charge in [-0.3, -0.25) is 5.01 Å². The van der Waals surface area contributed by atoms with Crippen LogP contribution < -0.4 is 10.4 Å². The third-order valence-corrected chi connectivity index (χ3v) is 4.22. The molecule has 1 atom stereocenters. The molecule has 0 saturated carbocycles. The fourth-order valence-electron chi connectivity index (χ4n) is 3.15. The van der Waals surface area contributed by atoms with Crippen molar-refractivity contribution in [3.63, 3.8) is 0 Å². The average molecular weight is 286 g/mol. The molecule has 3 aromatic rings. The predicted octanol–water partition coefficient (Wildman–Crippen LogP) is 4.47. The molecule has 0 radical (unpaired) electrons. The summed E-state index contributed by atoms with van der Waals surface area (Å²) < 4.78 is 0. The Morgan fingerprint density at radius 2 is 1.36 bits per heavy atom. The van der Waals surface area contributed by atoms with Crippen LogP contribution >= 0.6 is 0 Å². The smallest absolute Gasteiger partial charge is 0.0616 e. The number of hydrogen-bond donors (Lipinski definition) is 1. The number of para-hydroxylation sites is 2. The molecule has 0 amide bonds. The Kier molecular flexibility index (Phi) is 3.37. The topological polar surface area (TPSA) is 15.3 Å². The van der Waals surface area contributed by atoms with Gasteiger partial charge in [0.25, 0.3) is 0 Å². The zero-order chi connectivity index (χ0) is 14.8. The van der Waals surface area contributed by atoms with E-state index in [1.807, 2.05) is 6.07 Å². The van der Waals surface area contributed by atoms with E-state index in [2.05, 4.69) is 89.3 Å². The van der Waals surface area contributed by atoms with Crippen LogP contribution in [-0.4, -0.2) is 6.54 Å². The van der Waals surface area contributed by atoms with Crippen LogP contribution in [0.25, 0.3) is 0 Å². The Morgan fingerprint density at radius 3 is 2.14 bits per heavy atom. The van der Waals surface area contributed by atoms with Gasteiger partial charge in [-0.15, -0.1) is 0 Å². The Balaban J connectivity index is 1.79. The van der Waals surface area contributed by atoms with Gasteiger partial charge in [0, 0.05) is 12.5 Å². The maximum atomic E-state index is 3.57. The van der Waals surface area contributed by atoms with Crippen molar-refractivity contribution in [2.45, 2.75) is 5.92 Å². The summed E-state index contributed by atoms with van der Waals surface area (Å²) in [5.41, 5.74) is 8.70. The lowest BCUT2D eigenvalue weighted by Gasteiger charge is -2.36. The molecule has 108 valence electrons. The zero-order valence-electron chi connectivity index (χ0n) is 12.3. The molecule has 1 aliphatic heterocycles. The molecule has 0 spiro atoms. The minimum atomic E-state index is 0.386. The first-order chi connectivity index (χ1) is 10.9. The zero-order valence-corrected chi connectivity index (χ0v) is 12.3. The highest BCUT2D eigenvalue weighted by atomic mass is 15.5. The lowest BCUT2D eigenvalue weighted by atomic mass is 9.88. The van der Waals surface area contributed by atoms with Gasteiger partial charge in [-0.1, -0.05) is 66.7 Å². The van der Waals surface area contributed by atoms with Gasteiger partial charge >= 0.3 is 0 Å². The number of benzene rings is 3. The molecule has 4 rings (SSSR count). The first-order valence-corrected chi connectivity index (χ1v) is 7.66. The van der Waals surface area contributed by atoms with E-state index in [1.165, 1.54) is 22.5 Å². The minimum absolute atomic E-state index is 0.386. The molecular weight excluding hydrogens is 268 g/mol. The number of nitrogens with one attached hydrogen (secondary N) is 1. The van der Waals surface area contributed by atoms with Crippen molar-refractivity contribution in [1.82, 2.24) is 5.43 Å². The average Bonchev–Trinajstić information content (AvgIpc) is 2.62. The van der Waals surface area contributed by atoms with Gasteiger partial charge in [-0.05, 0) is 29.3 Å². The molecule has 1 N–H and O–H groups in total. The Hall–Kier alpha value is -2.58. The second-order valence-corrected chi connectivity index (χ2v) is 5.56. The van der Waals surface area contributed by atoms with Gasteiger partial charge < -0.3 is 0 Å². The third kappa shape index (κ3) is 2.28. The first kappa shape index (κ1) is 13.1. The van der Waals surface area contributed by atoms with Crippen molar-refractivity contribution >= 4 is 11.4 Å².